The highest BCUT2D eigenvalue weighted by Gasteiger charge is 2.59. The Labute approximate surface area is 497 Å². The molecule has 2 unspecified atom stereocenters. The Bertz CT molecular complexity index is 4150. The first-order chi connectivity index (χ1) is 38.9. The Morgan fingerprint density at radius 3 is 1.55 bits per heavy atom. The Hall–Kier alpha value is -6.20. The molecule has 0 saturated heterocycles. The van der Waals surface area contributed by atoms with Crippen LogP contribution in [-0.4, -0.2) is 12.3 Å². The first kappa shape index (κ1) is 53.5. The second-order valence-corrected chi connectivity index (χ2v) is 33.0. The zero-order valence-electron chi connectivity index (χ0n) is 53.6. The summed E-state index contributed by atoms with van der Waals surface area (Å²) in [5.41, 5.74) is 29.7. The minimum atomic E-state index is -0.172. The van der Waals surface area contributed by atoms with E-state index in [9.17, 15) is 0 Å². The zero-order chi connectivity index (χ0) is 58.5. The standard InChI is InChI=1S/C78H90BN3O/c1-46-35-52-57(76(15,16)45-75(52,13)14)42-62(46)81-64-44-56-54(72(7,8)32-34-74(56,11)12)41-60(64)79-59-40-53-55(73(9,10)33-31-71(53,5)6)43-63(59)80(48-26-27-51-50-23-19-20-24-67(50)83-68(51)39-48)65-37-49(38-66(81)69(65)79)82-61-28-25-47(70(2,3)4)36-58(61)77(17)29-21-22-30-78(77,82)18/h19-20,23-28,35-44H,21-22,29-34,45H2,1-18H3. The molecular weight excluding hydrogens is 1010 g/mol. The molecule has 4 heterocycles. The summed E-state index contributed by atoms with van der Waals surface area (Å²) < 4.78 is 6.90. The molecule has 15 rings (SSSR count). The predicted molar refractivity (Wildman–Crippen MR) is 355 cm³/mol. The highest BCUT2D eigenvalue weighted by atomic mass is 16.3. The number of hydrogen-bond acceptors (Lipinski definition) is 4. The molecule has 83 heavy (non-hydrogen) atoms. The van der Waals surface area contributed by atoms with Gasteiger partial charge in [0, 0.05) is 67.8 Å². The monoisotopic (exact) mass is 1100 g/mol. The fraction of sp³-hybridized carbons (Fsp3) is 0.462. The van der Waals surface area contributed by atoms with Crippen LogP contribution in [0.1, 0.15) is 226 Å². The lowest BCUT2D eigenvalue weighted by Gasteiger charge is -2.52. The first-order valence-electron chi connectivity index (χ1n) is 32.0. The van der Waals surface area contributed by atoms with E-state index < -0.39 is 0 Å². The lowest BCUT2D eigenvalue weighted by Crippen LogP contribution is -2.62. The molecule has 0 N–H and O–H groups in total. The van der Waals surface area contributed by atoms with Crippen molar-refractivity contribution in [2.75, 3.05) is 14.7 Å². The maximum absolute atomic E-state index is 6.90. The SMILES string of the molecule is Cc1cc2c(cc1N1c3cc4c(cc3B3c5cc6c(cc5N(c5ccc7c(c5)oc5ccccc57)c5cc(N7c8ccc(C(C)(C)C)cc8C8(C)CCCCC78C)cc1c53)C(C)(C)CCC6(C)C)C(C)(C)CCC4(C)C)C(C)(C)CC2(C)C. The van der Waals surface area contributed by atoms with E-state index >= 15 is 0 Å². The average Bonchev–Trinajstić information content (AvgIpc) is 1.85. The van der Waals surface area contributed by atoms with Gasteiger partial charge in [-0.2, -0.15) is 0 Å². The van der Waals surface area contributed by atoms with E-state index in [4.69, 9.17) is 4.42 Å². The molecule has 0 spiro atoms. The molecule has 2 atom stereocenters. The number of para-hydroxylation sites is 1. The number of rotatable bonds is 3. The minimum Gasteiger partial charge on any atom is -0.456 e. The maximum atomic E-state index is 6.90. The van der Waals surface area contributed by atoms with E-state index in [0.717, 1.165) is 66.2 Å². The Kier molecular flexibility index (Phi) is 10.7. The lowest BCUT2D eigenvalue weighted by molar-refractivity contribution is 0.195. The fourth-order valence-corrected chi connectivity index (χ4v) is 18.6. The summed E-state index contributed by atoms with van der Waals surface area (Å²) in [6, 6.07) is 44.9. The van der Waals surface area contributed by atoms with Crippen molar-refractivity contribution in [2.24, 2.45) is 0 Å². The van der Waals surface area contributed by atoms with Crippen molar-refractivity contribution < 1.29 is 4.42 Å². The Morgan fingerprint density at radius 2 is 0.940 bits per heavy atom. The van der Waals surface area contributed by atoms with Gasteiger partial charge in [0.25, 0.3) is 6.71 Å². The van der Waals surface area contributed by atoms with E-state index in [0.29, 0.717) is 0 Å². The predicted octanol–water partition coefficient (Wildman–Crippen LogP) is 19.7. The first-order valence-corrected chi connectivity index (χ1v) is 32.0. The zero-order valence-corrected chi connectivity index (χ0v) is 53.6. The molecule has 3 aliphatic heterocycles. The molecule has 4 aliphatic carbocycles. The van der Waals surface area contributed by atoms with Gasteiger partial charge in [0.2, 0.25) is 0 Å². The van der Waals surface area contributed by atoms with Gasteiger partial charge < -0.3 is 19.1 Å². The summed E-state index contributed by atoms with van der Waals surface area (Å²) >= 11 is 0. The third-order valence-electron chi connectivity index (χ3n) is 23.8. The van der Waals surface area contributed by atoms with Crippen molar-refractivity contribution in [3.8, 4) is 0 Å². The van der Waals surface area contributed by atoms with Crippen molar-refractivity contribution in [1.29, 1.82) is 0 Å². The van der Waals surface area contributed by atoms with Crippen LogP contribution >= 0.6 is 0 Å². The number of nitrogens with zero attached hydrogens (tertiary/aromatic N) is 3. The van der Waals surface area contributed by atoms with Crippen LogP contribution in [0.3, 0.4) is 0 Å². The Morgan fingerprint density at radius 1 is 0.422 bits per heavy atom. The summed E-state index contributed by atoms with van der Waals surface area (Å²) in [6.45, 7) is 44.9. The molecule has 0 radical (unpaired) electrons. The maximum Gasteiger partial charge on any atom is 0.252 e. The minimum absolute atomic E-state index is 0.00385. The van der Waals surface area contributed by atoms with Gasteiger partial charge in [0.15, 0.2) is 0 Å². The van der Waals surface area contributed by atoms with Crippen molar-refractivity contribution in [1.82, 2.24) is 0 Å². The summed E-state index contributed by atoms with van der Waals surface area (Å²) in [5.74, 6) is 0. The quantitative estimate of drug-likeness (QED) is 0.165. The van der Waals surface area contributed by atoms with Crippen LogP contribution in [0.2, 0.25) is 0 Å². The Balaban J connectivity index is 1.12. The molecule has 0 bridgehead atoms. The molecule has 8 aromatic rings. The number of anilines is 8. The number of hydrogen-bond donors (Lipinski definition) is 0. The van der Waals surface area contributed by atoms with Crippen molar-refractivity contribution >= 4 is 90.5 Å². The number of benzene rings is 7. The summed E-state index contributed by atoms with van der Waals surface area (Å²) in [6.07, 6.45) is 10.5. The van der Waals surface area contributed by atoms with Crippen LogP contribution < -0.4 is 31.1 Å². The van der Waals surface area contributed by atoms with Gasteiger partial charge in [-0.25, -0.2) is 0 Å². The largest absolute Gasteiger partial charge is 0.456 e. The molecule has 5 heteroatoms. The van der Waals surface area contributed by atoms with Crippen molar-refractivity contribution in [3.63, 3.8) is 0 Å². The van der Waals surface area contributed by atoms with Gasteiger partial charge in [0.1, 0.15) is 11.2 Å². The molecule has 1 aromatic heterocycles. The molecule has 4 nitrogen and oxygen atoms in total. The topological polar surface area (TPSA) is 22.9 Å². The molecule has 7 aliphatic rings. The van der Waals surface area contributed by atoms with Crippen molar-refractivity contribution in [3.05, 3.63) is 159 Å². The third-order valence-corrected chi connectivity index (χ3v) is 23.8. The van der Waals surface area contributed by atoms with Gasteiger partial charge in [-0.1, -0.05) is 172 Å². The second-order valence-electron chi connectivity index (χ2n) is 33.0. The van der Waals surface area contributed by atoms with Gasteiger partial charge in [-0.3, -0.25) is 0 Å². The number of furan rings is 1. The molecule has 0 amide bonds. The van der Waals surface area contributed by atoms with Crippen molar-refractivity contribution in [2.45, 2.75) is 231 Å². The molecule has 426 valence electrons. The van der Waals surface area contributed by atoms with Crippen LogP contribution in [0, 0.1) is 6.92 Å². The smallest absolute Gasteiger partial charge is 0.252 e. The lowest BCUT2D eigenvalue weighted by atomic mass is 9.32. The van der Waals surface area contributed by atoms with Crippen LogP contribution in [-0.2, 0) is 43.3 Å². The molecule has 1 fully saturated rings. The normalized spacial score (nSPS) is 24.2. The summed E-state index contributed by atoms with van der Waals surface area (Å²) in [5, 5.41) is 2.32. The highest BCUT2D eigenvalue weighted by Crippen LogP contribution is 2.63. The van der Waals surface area contributed by atoms with Crippen LogP contribution in [0.15, 0.2) is 114 Å². The number of fused-ring (bicyclic) bond motifs is 13. The highest BCUT2D eigenvalue weighted by molar-refractivity contribution is 7.00. The van der Waals surface area contributed by atoms with E-state index in [1.54, 1.807) is 0 Å². The number of aryl methyl sites for hydroxylation is 1. The van der Waals surface area contributed by atoms with Crippen LogP contribution in [0.25, 0.3) is 21.9 Å². The van der Waals surface area contributed by atoms with Gasteiger partial charge in [0.05, 0.1) is 5.54 Å². The fourth-order valence-electron chi connectivity index (χ4n) is 18.6. The second kappa shape index (κ2) is 16.6. The van der Waals surface area contributed by atoms with E-state index in [2.05, 4.69) is 249 Å². The third kappa shape index (κ3) is 7.24. The molecule has 1 saturated carbocycles. The molecule has 7 aromatic carbocycles. The van der Waals surface area contributed by atoms with E-state index in [1.807, 2.05) is 0 Å². The van der Waals surface area contributed by atoms with Crippen LogP contribution in [0.4, 0.5) is 45.5 Å². The summed E-state index contributed by atoms with van der Waals surface area (Å²) in [7, 11) is 0. The van der Waals surface area contributed by atoms with Crippen LogP contribution in [0.5, 0.6) is 0 Å². The van der Waals surface area contributed by atoms with Gasteiger partial charge in [-0.15, -0.1) is 0 Å². The van der Waals surface area contributed by atoms with Gasteiger partial charge in [-0.05, 0) is 218 Å². The molecular formula is C78H90BN3O. The summed E-state index contributed by atoms with van der Waals surface area (Å²) in [4.78, 5) is 8.42. The van der Waals surface area contributed by atoms with E-state index in [-0.39, 0.29) is 55.6 Å². The average molecular weight is 1100 g/mol. The van der Waals surface area contributed by atoms with E-state index in [1.165, 1.54) is 126 Å². The van der Waals surface area contributed by atoms with Gasteiger partial charge >= 0.3 is 0 Å².